The van der Waals surface area contributed by atoms with Gasteiger partial charge in [0.15, 0.2) is 0 Å². The molecule has 9 rings (SSSR count). The standard InChI is InChI=1S/C42H33BN2/c1-4-14-30(15-5-1)32-18-12-21-35(28-32)45-38-23-11-10-22-36(38)43-37-27-26-33(31-16-6-2-7-17-31)29-41(37)44(34-19-8-3-9-20-34)39-24-13-25-40(45)42(39)43/h1-2,4-8,10-25,27-29,33H,3,9,26H2. The summed E-state index contributed by atoms with van der Waals surface area (Å²) in [6, 6.07) is 46.7. The van der Waals surface area contributed by atoms with Crippen LogP contribution in [0.3, 0.4) is 0 Å². The van der Waals surface area contributed by atoms with E-state index in [2.05, 4.69) is 168 Å². The van der Waals surface area contributed by atoms with Gasteiger partial charge in [-0.2, -0.15) is 0 Å². The van der Waals surface area contributed by atoms with Crippen LogP contribution in [-0.2, 0) is 0 Å². The number of para-hydroxylation sites is 1. The van der Waals surface area contributed by atoms with E-state index in [9.17, 15) is 0 Å². The molecule has 1 unspecified atom stereocenters. The number of hydrogen-bond acceptors (Lipinski definition) is 2. The molecule has 1 atom stereocenters. The fraction of sp³-hybridized carbons (Fsp3) is 0.0952. The van der Waals surface area contributed by atoms with Crippen molar-refractivity contribution in [3.63, 3.8) is 0 Å². The van der Waals surface area contributed by atoms with Crippen LogP contribution in [0.25, 0.3) is 11.1 Å². The van der Waals surface area contributed by atoms with Crippen molar-refractivity contribution < 1.29 is 0 Å². The fourth-order valence-corrected chi connectivity index (χ4v) is 7.79. The highest BCUT2D eigenvalue weighted by molar-refractivity contribution is 6.95. The molecule has 2 nitrogen and oxygen atoms in total. The molecule has 0 amide bonds. The molecule has 0 fully saturated rings. The average molecular weight is 577 g/mol. The van der Waals surface area contributed by atoms with Gasteiger partial charge in [-0.05, 0) is 88.8 Å². The molecule has 2 aliphatic heterocycles. The number of allylic oxidation sites excluding steroid dienone is 6. The molecular formula is C42H33BN2. The minimum absolute atomic E-state index is 0.174. The number of fused-ring (bicyclic) bond motifs is 4. The maximum atomic E-state index is 2.55. The molecule has 45 heavy (non-hydrogen) atoms. The predicted octanol–water partition coefficient (Wildman–Crippen LogP) is 9.34. The lowest BCUT2D eigenvalue weighted by Gasteiger charge is -2.47. The Morgan fingerprint density at radius 1 is 0.600 bits per heavy atom. The Morgan fingerprint density at radius 3 is 2.13 bits per heavy atom. The summed E-state index contributed by atoms with van der Waals surface area (Å²) in [6.07, 6.45) is 15.3. The maximum Gasteiger partial charge on any atom is 0.251 e. The molecule has 4 aliphatic rings. The average Bonchev–Trinajstić information content (AvgIpc) is 3.12. The van der Waals surface area contributed by atoms with E-state index in [4.69, 9.17) is 0 Å². The zero-order valence-electron chi connectivity index (χ0n) is 25.2. The number of hydrogen-bond donors (Lipinski definition) is 0. The van der Waals surface area contributed by atoms with E-state index in [1.54, 1.807) is 0 Å². The Hall–Kier alpha value is -5.28. The molecule has 0 radical (unpaired) electrons. The van der Waals surface area contributed by atoms with E-state index in [0.29, 0.717) is 5.92 Å². The van der Waals surface area contributed by atoms with E-state index in [-0.39, 0.29) is 6.71 Å². The van der Waals surface area contributed by atoms with E-state index < -0.39 is 0 Å². The second-order valence-corrected chi connectivity index (χ2v) is 12.4. The van der Waals surface area contributed by atoms with Crippen LogP contribution < -0.4 is 20.7 Å². The number of rotatable bonds is 4. The van der Waals surface area contributed by atoms with Crippen molar-refractivity contribution in [2.24, 2.45) is 0 Å². The zero-order valence-corrected chi connectivity index (χ0v) is 25.2. The number of nitrogens with zero attached hydrogens (tertiary/aromatic N) is 2. The first-order valence-corrected chi connectivity index (χ1v) is 16.2. The summed E-state index contributed by atoms with van der Waals surface area (Å²) in [5, 5.41) is 0. The van der Waals surface area contributed by atoms with Crippen molar-refractivity contribution in [3.8, 4) is 11.1 Å². The summed E-state index contributed by atoms with van der Waals surface area (Å²) in [5.74, 6) is 0.349. The summed E-state index contributed by atoms with van der Waals surface area (Å²) in [7, 11) is 0. The van der Waals surface area contributed by atoms with Gasteiger partial charge in [-0.25, -0.2) is 0 Å². The fourth-order valence-electron chi connectivity index (χ4n) is 7.79. The van der Waals surface area contributed by atoms with Gasteiger partial charge < -0.3 is 9.80 Å². The van der Waals surface area contributed by atoms with Gasteiger partial charge in [0.2, 0.25) is 0 Å². The molecule has 0 aromatic heterocycles. The smallest absolute Gasteiger partial charge is 0.251 e. The lowest BCUT2D eigenvalue weighted by Crippen LogP contribution is -2.57. The third-order valence-corrected chi connectivity index (χ3v) is 9.79. The van der Waals surface area contributed by atoms with E-state index in [1.165, 1.54) is 67.2 Å². The van der Waals surface area contributed by atoms with Crippen LogP contribution in [0.1, 0.15) is 30.7 Å². The van der Waals surface area contributed by atoms with Gasteiger partial charge in [0.25, 0.3) is 6.71 Å². The van der Waals surface area contributed by atoms with E-state index in [0.717, 1.165) is 19.3 Å². The Kier molecular flexibility index (Phi) is 6.23. The Balaban J connectivity index is 1.27. The minimum Gasteiger partial charge on any atom is -0.312 e. The van der Waals surface area contributed by atoms with Gasteiger partial charge in [-0.3, -0.25) is 0 Å². The van der Waals surface area contributed by atoms with Crippen LogP contribution in [-0.4, -0.2) is 6.71 Å². The molecule has 0 saturated carbocycles. The second-order valence-electron chi connectivity index (χ2n) is 12.4. The lowest BCUT2D eigenvalue weighted by atomic mass is 9.32. The topological polar surface area (TPSA) is 6.48 Å². The monoisotopic (exact) mass is 576 g/mol. The van der Waals surface area contributed by atoms with Gasteiger partial charge in [-0.1, -0.05) is 121 Å². The first kappa shape index (κ1) is 26.2. The number of anilines is 4. The molecular weight excluding hydrogens is 543 g/mol. The van der Waals surface area contributed by atoms with Crippen molar-refractivity contribution in [2.45, 2.75) is 25.2 Å². The Bertz CT molecular complexity index is 2050. The van der Waals surface area contributed by atoms with Crippen LogP contribution in [0, 0.1) is 0 Å². The highest BCUT2D eigenvalue weighted by Crippen LogP contribution is 2.47. The van der Waals surface area contributed by atoms with Crippen molar-refractivity contribution in [1.82, 2.24) is 0 Å². The second kappa shape index (κ2) is 10.7. The molecule has 3 heteroatoms. The summed E-state index contributed by atoms with van der Waals surface area (Å²) in [5.41, 5.74) is 15.6. The third-order valence-electron chi connectivity index (χ3n) is 9.79. The van der Waals surface area contributed by atoms with E-state index >= 15 is 0 Å². The number of benzene rings is 5. The van der Waals surface area contributed by atoms with E-state index in [1.807, 2.05) is 0 Å². The molecule has 5 aromatic rings. The largest absolute Gasteiger partial charge is 0.312 e. The highest BCUT2D eigenvalue weighted by Gasteiger charge is 2.45. The molecule has 0 bridgehead atoms. The highest BCUT2D eigenvalue weighted by atomic mass is 15.2. The van der Waals surface area contributed by atoms with Crippen molar-refractivity contribution in [3.05, 3.63) is 180 Å². The summed E-state index contributed by atoms with van der Waals surface area (Å²) in [6.45, 7) is 0.174. The summed E-state index contributed by atoms with van der Waals surface area (Å²) < 4.78 is 0. The van der Waals surface area contributed by atoms with Gasteiger partial charge in [0.1, 0.15) is 0 Å². The lowest BCUT2D eigenvalue weighted by molar-refractivity contribution is 0.828. The normalized spacial score (nSPS) is 17.9. The third kappa shape index (κ3) is 4.26. The molecule has 214 valence electrons. The van der Waals surface area contributed by atoms with Crippen LogP contribution in [0.4, 0.5) is 22.7 Å². The Morgan fingerprint density at radius 2 is 1.31 bits per heavy atom. The molecule has 0 N–H and O–H groups in total. The molecule has 2 aliphatic carbocycles. The zero-order chi connectivity index (χ0) is 29.7. The first-order valence-electron chi connectivity index (χ1n) is 16.2. The van der Waals surface area contributed by atoms with Crippen LogP contribution in [0.15, 0.2) is 175 Å². The Labute approximate surface area is 266 Å². The van der Waals surface area contributed by atoms with Gasteiger partial charge in [0, 0.05) is 40.1 Å². The van der Waals surface area contributed by atoms with Crippen molar-refractivity contribution in [2.75, 3.05) is 9.80 Å². The van der Waals surface area contributed by atoms with Gasteiger partial charge in [0.05, 0.1) is 0 Å². The predicted molar refractivity (Wildman–Crippen MR) is 190 cm³/mol. The first-order chi connectivity index (χ1) is 22.3. The van der Waals surface area contributed by atoms with Crippen LogP contribution in [0.5, 0.6) is 0 Å². The molecule has 0 spiro atoms. The maximum absolute atomic E-state index is 2.55. The summed E-state index contributed by atoms with van der Waals surface area (Å²) in [4.78, 5) is 5.05. The van der Waals surface area contributed by atoms with Crippen molar-refractivity contribution >= 4 is 40.4 Å². The molecule has 5 aromatic carbocycles. The molecule has 2 heterocycles. The quantitative estimate of drug-likeness (QED) is 0.197. The van der Waals surface area contributed by atoms with Gasteiger partial charge in [-0.15, -0.1) is 0 Å². The SMILES string of the molecule is C1=CC(N2C3=CC(c4ccccc4)CC=C3B3c4ccccc4N(c4cccc(-c5ccccc5)c4)c4cccc2c43)=CCC1. The van der Waals surface area contributed by atoms with Crippen LogP contribution >= 0.6 is 0 Å². The minimum atomic E-state index is 0.174. The van der Waals surface area contributed by atoms with Gasteiger partial charge >= 0.3 is 0 Å². The van der Waals surface area contributed by atoms with Crippen molar-refractivity contribution in [1.29, 1.82) is 0 Å². The molecule has 0 saturated heterocycles. The summed E-state index contributed by atoms with van der Waals surface area (Å²) >= 11 is 0. The van der Waals surface area contributed by atoms with Crippen LogP contribution in [0.2, 0.25) is 0 Å².